The van der Waals surface area contributed by atoms with E-state index in [2.05, 4.69) is 43.4 Å². The molecule has 0 bridgehead atoms. The number of nitro groups is 1. The molecule has 0 aromatic heterocycles. The van der Waals surface area contributed by atoms with Crippen molar-refractivity contribution >= 4 is 11.4 Å². The molecule has 0 spiro atoms. The molecule has 1 atom stereocenters. The van der Waals surface area contributed by atoms with Crippen molar-refractivity contribution in [2.24, 2.45) is 0 Å². The monoisotopic (exact) mass is 270 g/mol. The Morgan fingerprint density at radius 1 is 1.10 bits per heavy atom. The summed E-state index contributed by atoms with van der Waals surface area (Å²) in [5.41, 5.74) is 4.12. The van der Waals surface area contributed by atoms with Crippen LogP contribution in [0.15, 0.2) is 42.5 Å². The van der Waals surface area contributed by atoms with E-state index < -0.39 is 0 Å². The van der Waals surface area contributed by atoms with Gasteiger partial charge in [0.2, 0.25) is 0 Å². The normalized spacial score (nSPS) is 11.9. The maximum Gasteiger partial charge on any atom is 0.272 e. The molecule has 4 nitrogen and oxygen atoms in total. The van der Waals surface area contributed by atoms with Crippen LogP contribution in [-0.4, -0.2) is 4.92 Å². The van der Waals surface area contributed by atoms with Gasteiger partial charge in [0.25, 0.3) is 5.69 Å². The molecule has 0 saturated heterocycles. The lowest BCUT2D eigenvalue weighted by Crippen LogP contribution is -2.07. The highest BCUT2D eigenvalue weighted by Crippen LogP contribution is 2.25. The summed E-state index contributed by atoms with van der Waals surface area (Å²) in [4.78, 5) is 10.4. The lowest BCUT2D eigenvalue weighted by molar-refractivity contribution is -0.385. The van der Waals surface area contributed by atoms with Gasteiger partial charge >= 0.3 is 0 Å². The van der Waals surface area contributed by atoms with Gasteiger partial charge in [-0.25, -0.2) is 0 Å². The van der Waals surface area contributed by atoms with Gasteiger partial charge in [0.1, 0.15) is 0 Å². The molecule has 0 saturated carbocycles. The Bertz CT molecular complexity index is 621. The standard InChI is InChI=1S/C16H18N2O2/c1-11-4-6-14(7-5-11)13(3)17-15-8-9-16(18(19)20)12(2)10-15/h4-10,13,17H,1-3H3. The van der Waals surface area contributed by atoms with Crippen molar-refractivity contribution in [2.45, 2.75) is 26.8 Å². The largest absolute Gasteiger partial charge is 0.379 e. The van der Waals surface area contributed by atoms with Gasteiger partial charge in [-0.1, -0.05) is 29.8 Å². The highest BCUT2D eigenvalue weighted by molar-refractivity contribution is 5.54. The summed E-state index contributed by atoms with van der Waals surface area (Å²) in [5.74, 6) is 0. The van der Waals surface area contributed by atoms with Crippen LogP contribution in [0.3, 0.4) is 0 Å². The third-order valence-corrected chi connectivity index (χ3v) is 3.35. The van der Waals surface area contributed by atoms with E-state index in [4.69, 9.17) is 0 Å². The molecule has 1 unspecified atom stereocenters. The molecule has 20 heavy (non-hydrogen) atoms. The predicted octanol–water partition coefficient (Wildman–Crippen LogP) is 4.38. The highest BCUT2D eigenvalue weighted by atomic mass is 16.6. The first-order valence-electron chi connectivity index (χ1n) is 6.55. The Morgan fingerprint density at radius 2 is 1.75 bits per heavy atom. The lowest BCUT2D eigenvalue weighted by atomic mass is 10.1. The summed E-state index contributed by atoms with van der Waals surface area (Å²) in [6.45, 7) is 5.88. The number of benzene rings is 2. The van der Waals surface area contributed by atoms with Crippen LogP contribution >= 0.6 is 0 Å². The summed E-state index contributed by atoms with van der Waals surface area (Å²) in [6.07, 6.45) is 0. The number of nitrogens with one attached hydrogen (secondary N) is 1. The van der Waals surface area contributed by atoms with Crippen molar-refractivity contribution in [2.75, 3.05) is 5.32 Å². The Morgan fingerprint density at radius 3 is 2.30 bits per heavy atom. The van der Waals surface area contributed by atoms with Crippen molar-refractivity contribution in [1.82, 2.24) is 0 Å². The number of aryl methyl sites for hydroxylation is 2. The molecule has 0 aliphatic rings. The Kier molecular flexibility index (Phi) is 4.03. The molecular formula is C16H18N2O2. The Hall–Kier alpha value is -2.36. The zero-order valence-electron chi connectivity index (χ0n) is 11.9. The van der Waals surface area contributed by atoms with E-state index in [0.717, 1.165) is 5.69 Å². The van der Waals surface area contributed by atoms with Crippen molar-refractivity contribution < 1.29 is 4.92 Å². The molecule has 0 amide bonds. The highest BCUT2D eigenvalue weighted by Gasteiger charge is 2.11. The topological polar surface area (TPSA) is 55.2 Å². The van der Waals surface area contributed by atoms with Crippen molar-refractivity contribution in [3.63, 3.8) is 0 Å². The van der Waals surface area contributed by atoms with Gasteiger partial charge in [-0.2, -0.15) is 0 Å². The molecule has 4 heteroatoms. The van der Waals surface area contributed by atoms with Crippen LogP contribution in [-0.2, 0) is 0 Å². The minimum atomic E-state index is -0.359. The summed E-state index contributed by atoms with van der Waals surface area (Å²) in [6, 6.07) is 13.6. The van der Waals surface area contributed by atoms with Gasteiger partial charge in [-0.15, -0.1) is 0 Å². The quantitative estimate of drug-likeness (QED) is 0.662. The molecule has 2 aromatic rings. The Balaban J connectivity index is 2.15. The van der Waals surface area contributed by atoms with Crippen LogP contribution in [0.4, 0.5) is 11.4 Å². The van der Waals surface area contributed by atoms with Gasteiger partial charge in [0, 0.05) is 23.4 Å². The maximum absolute atomic E-state index is 10.8. The van der Waals surface area contributed by atoms with Crippen LogP contribution < -0.4 is 5.32 Å². The van der Waals surface area contributed by atoms with Gasteiger partial charge in [-0.3, -0.25) is 10.1 Å². The minimum Gasteiger partial charge on any atom is -0.379 e. The van der Waals surface area contributed by atoms with E-state index in [-0.39, 0.29) is 16.7 Å². The predicted molar refractivity (Wildman–Crippen MR) is 81.1 cm³/mol. The molecular weight excluding hydrogens is 252 g/mol. The third-order valence-electron chi connectivity index (χ3n) is 3.35. The number of hydrogen-bond acceptors (Lipinski definition) is 3. The summed E-state index contributed by atoms with van der Waals surface area (Å²) < 4.78 is 0. The van der Waals surface area contributed by atoms with E-state index in [1.807, 2.05) is 6.07 Å². The minimum absolute atomic E-state index is 0.149. The van der Waals surface area contributed by atoms with Crippen molar-refractivity contribution in [1.29, 1.82) is 0 Å². The average molecular weight is 270 g/mol. The van der Waals surface area contributed by atoms with Crippen LogP contribution in [0.25, 0.3) is 0 Å². The second-order valence-electron chi connectivity index (χ2n) is 5.04. The first-order valence-corrected chi connectivity index (χ1v) is 6.55. The second kappa shape index (κ2) is 5.74. The number of hydrogen-bond donors (Lipinski definition) is 1. The maximum atomic E-state index is 10.8. The molecule has 0 aliphatic heterocycles. The first-order chi connectivity index (χ1) is 9.47. The zero-order valence-corrected chi connectivity index (χ0v) is 11.9. The summed E-state index contributed by atoms with van der Waals surface area (Å²) in [5, 5.41) is 14.2. The van der Waals surface area contributed by atoms with Crippen LogP contribution in [0, 0.1) is 24.0 Å². The smallest absolute Gasteiger partial charge is 0.272 e. The van der Waals surface area contributed by atoms with Crippen LogP contribution in [0.2, 0.25) is 0 Å². The number of nitro benzene ring substituents is 1. The fourth-order valence-corrected chi connectivity index (χ4v) is 2.14. The van der Waals surface area contributed by atoms with E-state index in [1.165, 1.54) is 11.1 Å². The molecule has 2 rings (SSSR count). The van der Waals surface area contributed by atoms with Gasteiger partial charge in [0.15, 0.2) is 0 Å². The number of anilines is 1. The van der Waals surface area contributed by atoms with E-state index in [9.17, 15) is 10.1 Å². The fraction of sp³-hybridized carbons (Fsp3) is 0.250. The van der Waals surface area contributed by atoms with E-state index in [0.29, 0.717) is 5.56 Å². The van der Waals surface area contributed by atoms with Crippen molar-refractivity contribution in [3.05, 3.63) is 69.3 Å². The molecule has 104 valence electrons. The number of rotatable bonds is 4. The molecule has 2 aromatic carbocycles. The van der Waals surface area contributed by atoms with Crippen molar-refractivity contribution in [3.8, 4) is 0 Å². The molecule has 0 radical (unpaired) electrons. The SMILES string of the molecule is Cc1ccc(C(C)Nc2ccc([N+](=O)[O-])c(C)c2)cc1. The third kappa shape index (κ3) is 3.15. The summed E-state index contributed by atoms with van der Waals surface area (Å²) in [7, 11) is 0. The molecule has 0 aliphatic carbocycles. The van der Waals surface area contributed by atoms with Crippen LogP contribution in [0.5, 0.6) is 0 Å². The molecule has 0 heterocycles. The summed E-state index contributed by atoms with van der Waals surface area (Å²) >= 11 is 0. The van der Waals surface area contributed by atoms with Gasteiger partial charge < -0.3 is 5.32 Å². The van der Waals surface area contributed by atoms with Gasteiger partial charge in [0.05, 0.1) is 4.92 Å². The average Bonchev–Trinajstić information content (AvgIpc) is 2.39. The van der Waals surface area contributed by atoms with E-state index >= 15 is 0 Å². The zero-order chi connectivity index (χ0) is 14.7. The Labute approximate surface area is 118 Å². The van der Waals surface area contributed by atoms with Crippen LogP contribution in [0.1, 0.15) is 29.7 Å². The molecule has 0 fully saturated rings. The lowest BCUT2D eigenvalue weighted by Gasteiger charge is -2.16. The number of nitrogens with zero attached hydrogens (tertiary/aromatic N) is 1. The second-order valence-corrected chi connectivity index (χ2v) is 5.04. The van der Waals surface area contributed by atoms with E-state index in [1.54, 1.807) is 19.1 Å². The van der Waals surface area contributed by atoms with Gasteiger partial charge in [-0.05, 0) is 38.5 Å². The molecule has 1 N–H and O–H groups in total. The fourth-order valence-electron chi connectivity index (χ4n) is 2.14. The first kappa shape index (κ1) is 14.1.